The van der Waals surface area contributed by atoms with E-state index in [9.17, 15) is 0 Å². The zero-order valence-corrected chi connectivity index (χ0v) is 12.4. The second kappa shape index (κ2) is 4.67. The van der Waals surface area contributed by atoms with Crippen LogP contribution in [-0.4, -0.2) is 24.1 Å². The molecular weight excluding hydrogens is 246 g/mol. The minimum absolute atomic E-state index is 0.925. The Labute approximate surface area is 119 Å². The number of rotatable bonds is 2. The normalized spacial score (nSPS) is 11.0. The lowest BCUT2D eigenvalue weighted by atomic mass is 10.1. The average molecular weight is 265 g/mol. The fourth-order valence-electron chi connectivity index (χ4n) is 2.34. The molecule has 0 atom stereocenters. The van der Waals surface area contributed by atoms with E-state index in [1.807, 2.05) is 14.1 Å². The summed E-state index contributed by atoms with van der Waals surface area (Å²) in [5.41, 5.74) is 6.97. The molecule has 0 spiro atoms. The molecule has 0 unspecified atom stereocenters. The van der Waals surface area contributed by atoms with Crippen LogP contribution in [0.5, 0.6) is 0 Å². The Morgan fingerprint density at radius 2 is 1.75 bits per heavy atom. The minimum atomic E-state index is 0.925. The standard InChI is InChI=1S/C17H19N3/c1-11-8-15-16(9-12(11)2)19-17(18-15)13-6-5-7-14(10-13)20(3)4/h5-10H,1-4H3,(H,18,19). The average Bonchev–Trinajstić information content (AvgIpc) is 2.82. The summed E-state index contributed by atoms with van der Waals surface area (Å²) in [6, 6.07) is 12.7. The molecule has 3 rings (SSSR count). The van der Waals surface area contributed by atoms with Crippen molar-refractivity contribution in [1.29, 1.82) is 0 Å². The Bertz CT molecular complexity index is 730. The summed E-state index contributed by atoms with van der Waals surface area (Å²) >= 11 is 0. The molecule has 0 fully saturated rings. The number of aromatic nitrogens is 2. The first kappa shape index (κ1) is 12.7. The van der Waals surface area contributed by atoms with Crippen molar-refractivity contribution in [2.75, 3.05) is 19.0 Å². The van der Waals surface area contributed by atoms with Crippen LogP contribution in [0, 0.1) is 13.8 Å². The van der Waals surface area contributed by atoms with E-state index in [-0.39, 0.29) is 0 Å². The SMILES string of the molecule is Cc1cc2nc(-c3cccc(N(C)C)c3)[nH]c2cc1C. The molecule has 20 heavy (non-hydrogen) atoms. The van der Waals surface area contributed by atoms with Crippen LogP contribution in [0.25, 0.3) is 22.4 Å². The fraction of sp³-hybridized carbons (Fsp3) is 0.235. The van der Waals surface area contributed by atoms with E-state index < -0.39 is 0 Å². The van der Waals surface area contributed by atoms with Crippen molar-refractivity contribution in [3.8, 4) is 11.4 Å². The first-order chi connectivity index (χ1) is 9.54. The molecule has 0 bridgehead atoms. The third-order valence-corrected chi connectivity index (χ3v) is 3.73. The Morgan fingerprint density at radius 1 is 1.00 bits per heavy atom. The highest BCUT2D eigenvalue weighted by Crippen LogP contribution is 2.25. The van der Waals surface area contributed by atoms with Gasteiger partial charge in [-0.1, -0.05) is 12.1 Å². The van der Waals surface area contributed by atoms with Crippen LogP contribution in [0.1, 0.15) is 11.1 Å². The largest absolute Gasteiger partial charge is 0.378 e. The Kier molecular flexibility index (Phi) is 2.97. The minimum Gasteiger partial charge on any atom is -0.378 e. The van der Waals surface area contributed by atoms with E-state index >= 15 is 0 Å². The van der Waals surface area contributed by atoms with Crippen molar-refractivity contribution in [3.05, 3.63) is 47.5 Å². The molecule has 0 saturated heterocycles. The molecule has 2 aromatic carbocycles. The summed E-state index contributed by atoms with van der Waals surface area (Å²) in [5, 5.41) is 0. The predicted octanol–water partition coefficient (Wildman–Crippen LogP) is 3.91. The molecule has 0 aliphatic rings. The van der Waals surface area contributed by atoms with Crippen molar-refractivity contribution in [2.24, 2.45) is 0 Å². The van der Waals surface area contributed by atoms with Crippen molar-refractivity contribution in [1.82, 2.24) is 9.97 Å². The highest BCUT2D eigenvalue weighted by molar-refractivity contribution is 5.81. The van der Waals surface area contributed by atoms with Crippen molar-refractivity contribution in [3.63, 3.8) is 0 Å². The van der Waals surface area contributed by atoms with Crippen molar-refractivity contribution in [2.45, 2.75) is 13.8 Å². The number of H-pyrrole nitrogens is 1. The highest BCUT2D eigenvalue weighted by atomic mass is 15.1. The number of aryl methyl sites for hydroxylation is 2. The fourth-order valence-corrected chi connectivity index (χ4v) is 2.34. The molecule has 102 valence electrons. The van der Waals surface area contributed by atoms with E-state index in [4.69, 9.17) is 4.98 Å². The lowest BCUT2D eigenvalue weighted by molar-refractivity contribution is 1.13. The van der Waals surface area contributed by atoms with Crippen LogP contribution in [0.15, 0.2) is 36.4 Å². The first-order valence-electron chi connectivity index (χ1n) is 6.79. The molecule has 3 heteroatoms. The summed E-state index contributed by atoms with van der Waals surface area (Å²) < 4.78 is 0. The van der Waals surface area contributed by atoms with E-state index in [0.717, 1.165) is 22.4 Å². The van der Waals surface area contributed by atoms with Gasteiger partial charge in [0, 0.05) is 25.3 Å². The van der Waals surface area contributed by atoms with Gasteiger partial charge in [-0.15, -0.1) is 0 Å². The van der Waals surface area contributed by atoms with Gasteiger partial charge in [0.25, 0.3) is 0 Å². The van der Waals surface area contributed by atoms with Crippen LogP contribution >= 0.6 is 0 Å². The van der Waals surface area contributed by atoms with E-state index in [0.29, 0.717) is 0 Å². The zero-order chi connectivity index (χ0) is 14.3. The van der Waals surface area contributed by atoms with Gasteiger partial charge >= 0.3 is 0 Å². The molecule has 1 aromatic heterocycles. The van der Waals surface area contributed by atoms with Gasteiger partial charge in [0.15, 0.2) is 0 Å². The summed E-state index contributed by atoms with van der Waals surface area (Å²) in [7, 11) is 4.09. The van der Waals surface area contributed by atoms with Gasteiger partial charge < -0.3 is 9.88 Å². The van der Waals surface area contributed by atoms with Gasteiger partial charge in [0.05, 0.1) is 11.0 Å². The predicted molar refractivity (Wildman–Crippen MR) is 85.3 cm³/mol. The Balaban J connectivity index is 2.12. The molecule has 0 aliphatic heterocycles. The second-order valence-corrected chi connectivity index (χ2v) is 5.48. The number of nitrogens with zero attached hydrogens (tertiary/aromatic N) is 2. The van der Waals surface area contributed by atoms with Crippen LogP contribution in [-0.2, 0) is 0 Å². The topological polar surface area (TPSA) is 31.9 Å². The molecule has 1 N–H and O–H groups in total. The molecule has 3 nitrogen and oxygen atoms in total. The van der Waals surface area contributed by atoms with E-state index in [1.54, 1.807) is 0 Å². The third-order valence-electron chi connectivity index (χ3n) is 3.73. The lowest BCUT2D eigenvalue weighted by Crippen LogP contribution is -2.08. The number of anilines is 1. The summed E-state index contributed by atoms with van der Waals surface area (Å²) in [6.45, 7) is 4.25. The maximum Gasteiger partial charge on any atom is 0.138 e. The van der Waals surface area contributed by atoms with Gasteiger partial charge in [-0.05, 0) is 49.2 Å². The van der Waals surface area contributed by atoms with E-state index in [2.05, 4.69) is 60.1 Å². The molecule has 3 aromatic rings. The van der Waals surface area contributed by atoms with Crippen LogP contribution < -0.4 is 4.90 Å². The van der Waals surface area contributed by atoms with Gasteiger partial charge in [-0.2, -0.15) is 0 Å². The number of hydrogen-bond donors (Lipinski definition) is 1. The monoisotopic (exact) mass is 265 g/mol. The van der Waals surface area contributed by atoms with Crippen LogP contribution in [0.3, 0.4) is 0 Å². The number of benzene rings is 2. The van der Waals surface area contributed by atoms with E-state index in [1.165, 1.54) is 16.8 Å². The Hall–Kier alpha value is -2.29. The smallest absolute Gasteiger partial charge is 0.138 e. The van der Waals surface area contributed by atoms with Gasteiger partial charge in [-0.25, -0.2) is 4.98 Å². The third kappa shape index (κ3) is 2.16. The van der Waals surface area contributed by atoms with Gasteiger partial charge in [0.2, 0.25) is 0 Å². The summed E-state index contributed by atoms with van der Waals surface area (Å²) in [4.78, 5) is 10.2. The number of imidazole rings is 1. The number of nitrogens with one attached hydrogen (secondary N) is 1. The number of aromatic amines is 1. The van der Waals surface area contributed by atoms with Crippen molar-refractivity contribution < 1.29 is 0 Å². The van der Waals surface area contributed by atoms with Crippen molar-refractivity contribution >= 4 is 16.7 Å². The summed E-state index contributed by atoms with van der Waals surface area (Å²) in [6.07, 6.45) is 0. The maximum atomic E-state index is 4.71. The number of fused-ring (bicyclic) bond motifs is 1. The van der Waals surface area contributed by atoms with Gasteiger partial charge in [-0.3, -0.25) is 0 Å². The first-order valence-corrected chi connectivity index (χ1v) is 6.79. The lowest BCUT2D eigenvalue weighted by Gasteiger charge is -2.12. The molecule has 0 amide bonds. The summed E-state index contributed by atoms with van der Waals surface area (Å²) in [5.74, 6) is 0.925. The Morgan fingerprint density at radius 3 is 2.50 bits per heavy atom. The maximum absolute atomic E-state index is 4.71. The van der Waals surface area contributed by atoms with Crippen LogP contribution in [0.2, 0.25) is 0 Å². The van der Waals surface area contributed by atoms with Crippen LogP contribution in [0.4, 0.5) is 5.69 Å². The molecule has 0 aliphatic carbocycles. The second-order valence-electron chi connectivity index (χ2n) is 5.48. The molecule has 1 heterocycles. The molecular formula is C17H19N3. The molecule has 0 radical (unpaired) electrons. The zero-order valence-electron chi connectivity index (χ0n) is 12.4. The molecule has 0 saturated carbocycles. The number of hydrogen-bond acceptors (Lipinski definition) is 2. The van der Waals surface area contributed by atoms with Gasteiger partial charge in [0.1, 0.15) is 5.82 Å². The quantitative estimate of drug-likeness (QED) is 0.761. The highest BCUT2D eigenvalue weighted by Gasteiger charge is 2.07.